The molecule has 274 valence electrons. The van der Waals surface area contributed by atoms with E-state index in [-0.39, 0.29) is 0 Å². The Labute approximate surface area is 340 Å². The van der Waals surface area contributed by atoms with Gasteiger partial charge in [0.1, 0.15) is 0 Å². The third kappa shape index (κ3) is 5.42. The molecule has 0 unspecified atom stereocenters. The molecule has 12 rings (SSSR count). The number of hydrogen-bond acceptors (Lipinski definition) is 3. The Morgan fingerprint density at radius 1 is 0.322 bits per heavy atom. The van der Waals surface area contributed by atoms with Gasteiger partial charge in [0.15, 0.2) is 0 Å². The number of fused-ring (bicyclic) bond motifs is 10. The topological polar surface area (TPSA) is 43.6 Å². The van der Waals surface area contributed by atoms with Gasteiger partial charge in [-0.1, -0.05) is 158 Å². The van der Waals surface area contributed by atoms with Gasteiger partial charge >= 0.3 is 0 Å². The lowest BCUT2D eigenvalue weighted by Gasteiger charge is -2.12. The van der Waals surface area contributed by atoms with Gasteiger partial charge in [-0.2, -0.15) is 0 Å². The maximum Gasteiger partial charge on any atom is 0.0972 e. The smallest absolute Gasteiger partial charge is 0.0972 e. The predicted octanol–water partition coefficient (Wildman–Crippen LogP) is 14.2. The first kappa shape index (κ1) is 33.2. The summed E-state index contributed by atoms with van der Waals surface area (Å²) < 4.78 is 2.42. The molecule has 8 aromatic carbocycles. The number of para-hydroxylation sites is 2. The van der Waals surface area contributed by atoms with Gasteiger partial charge < -0.3 is 4.57 Å². The fourth-order valence-electron chi connectivity index (χ4n) is 8.96. The summed E-state index contributed by atoms with van der Waals surface area (Å²) in [6, 6.07) is 73.2. The van der Waals surface area contributed by atoms with E-state index in [9.17, 15) is 0 Å². The number of nitrogens with zero attached hydrogens (tertiary/aromatic N) is 4. The third-order valence-corrected chi connectivity index (χ3v) is 11.7. The molecule has 0 aliphatic rings. The van der Waals surface area contributed by atoms with E-state index in [0.717, 1.165) is 99.7 Å². The number of hydrogen-bond donors (Lipinski definition) is 0. The maximum atomic E-state index is 5.29. The largest absolute Gasteiger partial charge is 0.309 e. The molecule has 0 saturated carbocycles. The normalized spacial score (nSPS) is 11.7. The zero-order valence-electron chi connectivity index (χ0n) is 31.9. The average Bonchev–Trinajstić information content (AvgIpc) is 3.65. The summed E-state index contributed by atoms with van der Waals surface area (Å²) in [5.74, 6) is 0. The Bertz CT molecular complexity index is 3590. The average molecular weight is 751 g/mol. The van der Waals surface area contributed by atoms with E-state index in [1.165, 1.54) is 16.2 Å². The van der Waals surface area contributed by atoms with Gasteiger partial charge in [0.05, 0.1) is 44.7 Å². The van der Waals surface area contributed by atoms with Crippen LogP contribution in [-0.4, -0.2) is 19.5 Å². The van der Waals surface area contributed by atoms with Gasteiger partial charge in [-0.15, -0.1) is 0 Å². The fraction of sp³-hybridized carbons (Fsp3) is 0. The predicted molar refractivity (Wildman–Crippen MR) is 246 cm³/mol. The number of benzene rings is 8. The van der Waals surface area contributed by atoms with Crippen LogP contribution in [0, 0.1) is 0 Å². The minimum absolute atomic E-state index is 0.905. The van der Waals surface area contributed by atoms with Crippen LogP contribution < -0.4 is 0 Å². The Morgan fingerprint density at radius 2 is 0.898 bits per heavy atom. The molecule has 4 aromatic heterocycles. The van der Waals surface area contributed by atoms with Crippen molar-refractivity contribution < 1.29 is 0 Å². The highest BCUT2D eigenvalue weighted by Crippen LogP contribution is 2.43. The SMILES string of the molecule is c1ccc(-c2ccc3ccc4ccc(-c5cccc(-c6ccc7c8c9c(ccc8n(-c8ccccc8)c7c6)c(-c6ccccc6)nc6ccccc69)c5)nc4c3n2)cc1. The highest BCUT2D eigenvalue weighted by molar-refractivity contribution is 6.29. The molecule has 0 aliphatic heterocycles. The van der Waals surface area contributed by atoms with Crippen molar-refractivity contribution in [3.63, 3.8) is 0 Å². The summed E-state index contributed by atoms with van der Waals surface area (Å²) in [6.07, 6.45) is 0. The second kappa shape index (κ2) is 13.3. The third-order valence-electron chi connectivity index (χ3n) is 11.7. The van der Waals surface area contributed by atoms with Gasteiger partial charge in [0, 0.05) is 60.1 Å². The van der Waals surface area contributed by atoms with Crippen LogP contribution in [0.5, 0.6) is 0 Å². The molecule has 12 aromatic rings. The second-order valence-corrected chi connectivity index (χ2v) is 15.2. The highest BCUT2D eigenvalue weighted by atomic mass is 15.0. The zero-order chi connectivity index (χ0) is 38.9. The van der Waals surface area contributed by atoms with Crippen molar-refractivity contribution in [1.29, 1.82) is 0 Å². The molecule has 0 radical (unpaired) electrons. The van der Waals surface area contributed by atoms with Crippen molar-refractivity contribution in [1.82, 2.24) is 19.5 Å². The first-order valence-electron chi connectivity index (χ1n) is 20.0. The van der Waals surface area contributed by atoms with Crippen LogP contribution in [0.3, 0.4) is 0 Å². The molecule has 0 aliphatic carbocycles. The zero-order valence-corrected chi connectivity index (χ0v) is 31.9. The van der Waals surface area contributed by atoms with Gasteiger partial charge in [-0.3, -0.25) is 0 Å². The number of aromatic nitrogens is 4. The molecule has 0 N–H and O–H groups in total. The van der Waals surface area contributed by atoms with E-state index in [0.29, 0.717) is 0 Å². The quantitative estimate of drug-likeness (QED) is 0.165. The van der Waals surface area contributed by atoms with Crippen molar-refractivity contribution in [2.45, 2.75) is 0 Å². The van der Waals surface area contributed by atoms with Crippen LogP contribution in [0.1, 0.15) is 0 Å². The van der Waals surface area contributed by atoms with Crippen LogP contribution in [0.4, 0.5) is 0 Å². The molecule has 4 nitrogen and oxygen atoms in total. The summed E-state index contributed by atoms with van der Waals surface area (Å²) in [6.45, 7) is 0. The minimum atomic E-state index is 0.905. The van der Waals surface area contributed by atoms with E-state index in [1.54, 1.807) is 0 Å². The monoisotopic (exact) mass is 750 g/mol. The molecule has 0 atom stereocenters. The van der Waals surface area contributed by atoms with Gasteiger partial charge in [0.2, 0.25) is 0 Å². The lowest BCUT2D eigenvalue weighted by Crippen LogP contribution is -1.94. The molecule has 59 heavy (non-hydrogen) atoms. The maximum absolute atomic E-state index is 5.29. The van der Waals surface area contributed by atoms with E-state index >= 15 is 0 Å². The van der Waals surface area contributed by atoms with E-state index in [1.807, 2.05) is 6.07 Å². The van der Waals surface area contributed by atoms with Crippen molar-refractivity contribution >= 4 is 65.3 Å². The van der Waals surface area contributed by atoms with Gasteiger partial charge in [-0.05, 0) is 59.7 Å². The number of pyridine rings is 3. The van der Waals surface area contributed by atoms with Crippen LogP contribution >= 0.6 is 0 Å². The summed E-state index contributed by atoms with van der Waals surface area (Å²) in [7, 11) is 0. The molecular formula is C55H34N4. The standard InChI is InChI=1S/C55H34N4/c1-4-13-35(14-5-1)46-30-26-37-23-24-38-27-31-47(57-55(38)54(37)56-46)41-18-12-17-39(33-41)40-25-28-44-50(34-40)59(42-19-8-3-9-20-42)49-32-29-45-51(52(44)49)43-21-10-11-22-48(43)58-53(45)36-15-6-2-7-16-36/h1-34H. The molecular weight excluding hydrogens is 717 g/mol. The first-order chi connectivity index (χ1) is 29.2. The molecule has 0 fully saturated rings. The molecule has 0 spiro atoms. The molecule has 4 heteroatoms. The fourth-order valence-corrected chi connectivity index (χ4v) is 8.96. The molecule has 0 saturated heterocycles. The van der Waals surface area contributed by atoms with Crippen molar-refractivity contribution in [3.8, 4) is 50.6 Å². The Morgan fingerprint density at radius 3 is 1.64 bits per heavy atom. The Balaban J connectivity index is 1.05. The van der Waals surface area contributed by atoms with Crippen LogP contribution in [0.25, 0.3) is 116 Å². The molecule has 0 amide bonds. The molecule has 4 heterocycles. The second-order valence-electron chi connectivity index (χ2n) is 15.2. The van der Waals surface area contributed by atoms with Crippen molar-refractivity contribution in [2.75, 3.05) is 0 Å². The van der Waals surface area contributed by atoms with E-state index in [2.05, 4.69) is 205 Å². The lowest BCUT2D eigenvalue weighted by atomic mass is 9.95. The van der Waals surface area contributed by atoms with Crippen molar-refractivity contribution in [2.24, 2.45) is 0 Å². The summed E-state index contributed by atoms with van der Waals surface area (Å²) in [5, 5.41) is 8.10. The van der Waals surface area contributed by atoms with Crippen LogP contribution in [0.15, 0.2) is 206 Å². The lowest BCUT2D eigenvalue weighted by molar-refractivity contribution is 1.18. The first-order valence-corrected chi connectivity index (χ1v) is 20.0. The highest BCUT2D eigenvalue weighted by Gasteiger charge is 2.20. The van der Waals surface area contributed by atoms with E-state index < -0.39 is 0 Å². The summed E-state index contributed by atoms with van der Waals surface area (Å²) >= 11 is 0. The molecule has 0 bridgehead atoms. The van der Waals surface area contributed by atoms with Gasteiger partial charge in [-0.25, -0.2) is 15.0 Å². The summed E-state index contributed by atoms with van der Waals surface area (Å²) in [5.41, 5.74) is 14.6. The Kier molecular flexibility index (Phi) is 7.50. The van der Waals surface area contributed by atoms with Crippen LogP contribution in [0.2, 0.25) is 0 Å². The van der Waals surface area contributed by atoms with Gasteiger partial charge in [0.25, 0.3) is 0 Å². The van der Waals surface area contributed by atoms with Crippen molar-refractivity contribution in [3.05, 3.63) is 206 Å². The Hall–Kier alpha value is -7.95. The number of rotatable bonds is 5. The summed E-state index contributed by atoms with van der Waals surface area (Å²) in [4.78, 5) is 15.7. The minimum Gasteiger partial charge on any atom is -0.309 e. The van der Waals surface area contributed by atoms with Crippen LogP contribution in [-0.2, 0) is 0 Å². The van der Waals surface area contributed by atoms with E-state index in [4.69, 9.17) is 15.0 Å².